The van der Waals surface area contributed by atoms with E-state index in [-0.39, 0.29) is 11.3 Å². The highest BCUT2D eigenvalue weighted by molar-refractivity contribution is 7.82. The summed E-state index contributed by atoms with van der Waals surface area (Å²) in [6, 6.07) is 9.87. The Labute approximate surface area is 183 Å². The van der Waals surface area contributed by atoms with E-state index >= 15 is 0 Å². The Hall–Kier alpha value is -2.22. The SMILES string of the molecule is CN(C)[SH+](=O)CCn1c(CN2C(=O)C3(CC3)c3ccncc32)cc2cc(Cl)ccc21. The Morgan fingerprint density at radius 1 is 1.23 bits per heavy atom. The molecule has 0 bridgehead atoms. The number of pyridine rings is 1. The lowest BCUT2D eigenvalue weighted by Gasteiger charge is -2.19. The summed E-state index contributed by atoms with van der Waals surface area (Å²) in [6.45, 7) is 1.07. The average Bonchev–Trinajstić information content (AvgIpc) is 3.42. The lowest BCUT2D eigenvalue weighted by molar-refractivity contribution is -0.120. The summed E-state index contributed by atoms with van der Waals surface area (Å²) in [5.41, 5.74) is 3.72. The van der Waals surface area contributed by atoms with Gasteiger partial charge in [0.15, 0.2) is 0 Å². The second-order valence-electron chi connectivity index (χ2n) is 8.28. The molecule has 1 aliphatic heterocycles. The van der Waals surface area contributed by atoms with E-state index < -0.39 is 11.0 Å². The van der Waals surface area contributed by atoms with E-state index in [0.29, 0.717) is 23.9 Å². The van der Waals surface area contributed by atoms with Gasteiger partial charge < -0.3 is 9.47 Å². The minimum absolute atomic E-state index is 0.166. The molecule has 1 spiro atoms. The van der Waals surface area contributed by atoms with E-state index in [1.54, 1.807) is 16.7 Å². The number of fused-ring (bicyclic) bond motifs is 3. The largest absolute Gasteiger partial charge is 0.338 e. The van der Waals surface area contributed by atoms with Crippen molar-refractivity contribution in [2.75, 3.05) is 24.7 Å². The molecule has 2 aromatic heterocycles. The van der Waals surface area contributed by atoms with Gasteiger partial charge in [-0.15, -0.1) is 4.31 Å². The molecule has 1 amide bonds. The molecule has 156 valence electrons. The smallest absolute Gasteiger partial charge is 0.238 e. The first-order chi connectivity index (χ1) is 14.4. The molecule has 30 heavy (non-hydrogen) atoms. The van der Waals surface area contributed by atoms with Crippen molar-refractivity contribution >= 4 is 45.1 Å². The third-order valence-electron chi connectivity index (χ3n) is 6.24. The maximum Gasteiger partial charge on any atom is 0.238 e. The van der Waals surface area contributed by atoms with Crippen LogP contribution in [0.25, 0.3) is 10.9 Å². The highest BCUT2D eigenvalue weighted by Crippen LogP contribution is 2.57. The number of benzene rings is 1. The predicted octanol–water partition coefficient (Wildman–Crippen LogP) is 3.44. The fourth-order valence-corrected chi connectivity index (χ4v) is 5.45. The maximum atomic E-state index is 13.3. The van der Waals surface area contributed by atoms with Crippen molar-refractivity contribution in [3.63, 3.8) is 0 Å². The van der Waals surface area contributed by atoms with Crippen LogP contribution in [0.3, 0.4) is 0 Å². The zero-order valence-corrected chi connectivity index (χ0v) is 18.7. The van der Waals surface area contributed by atoms with Crippen molar-refractivity contribution in [3.05, 3.63) is 59.0 Å². The third-order valence-corrected chi connectivity index (χ3v) is 7.95. The van der Waals surface area contributed by atoms with Gasteiger partial charge in [-0.1, -0.05) is 15.8 Å². The van der Waals surface area contributed by atoms with Crippen molar-refractivity contribution in [2.24, 2.45) is 0 Å². The molecule has 2 aliphatic rings. The fraction of sp³-hybridized carbons (Fsp3) is 0.364. The number of anilines is 1. The Morgan fingerprint density at radius 2 is 2.03 bits per heavy atom. The topological polar surface area (TPSA) is 58.4 Å². The van der Waals surface area contributed by atoms with E-state index in [0.717, 1.165) is 40.7 Å². The molecule has 3 heterocycles. The van der Waals surface area contributed by atoms with Crippen molar-refractivity contribution in [1.82, 2.24) is 13.9 Å². The highest BCUT2D eigenvalue weighted by Gasteiger charge is 2.59. The summed E-state index contributed by atoms with van der Waals surface area (Å²) in [7, 11) is 2.21. The van der Waals surface area contributed by atoms with E-state index in [9.17, 15) is 9.00 Å². The standard InChI is InChI=1S/C22H23ClN4O2S/c1-25(2)30(29)10-9-26-17(12-15-11-16(23)3-4-19(15)26)14-27-20-13-24-8-5-18(20)22(6-7-22)21(27)28/h3-5,8,11-13H,6-7,9-10,14H2,1-2H3/p+1. The average molecular weight is 444 g/mol. The highest BCUT2D eigenvalue weighted by atomic mass is 35.5. The summed E-state index contributed by atoms with van der Waals surface area (Å²) < 4.78 is 16.3. The number of amides is 1. The van der Waals surface area contributed by atoms with Crippen molar-refractivity contribution in [2.45, 2.75) is 31.3 Å². The van der Waals surface area contributed by atoms with E-state index in [4.69, 9.17) is 11.6 Å². The first-order valence-electron chi connectivity index (χ1n) is 10.1. The summed E-state index contributed by atoms with van der Waals surface area (Å²) in [5.74, 6) is 0.706. The Bertz CT molecular complexity index is 1190. The van der Waals surface area contributed by atoms with Gasteiger partial charge in [0.2, 0.25) is 5.91 Å². The molecule has 1 atom stereocenters. The van der Waals surface area contributed by atoms with Crippen molar-refractivity contribution < 1.29 is 9.00 Å². The second kappa shape index (κ2) is 7.18. The van der Waals surface area contributed by atoms with Gasteiger partial charge in [-0.25, -0.2) is 0 Å². The van der Waals surface area contributed by atoms with Gasteiger partial charge in [-0.2, -0.15) is 0 Å². The summed E-state index contributed by atoms with van der Waals surface area (Å²) >= 11 is 6.22. The zero-order valence-electron chi connectivity index (χ0n) is 17.0. The van der Waals surface area contributed by atoms with E-state index in [1.165, 1.54) is 0 Å². The molecule has 0 radical (unpaired) electrons. The third kappa shape index (κ3) is 3.07. The number of carbonyl (C=O) groups is 1. The van der Waals surface area contributed by atoms with Gasteiger partial charge in [0.05, 0.1) is 30.4 Å². The first-order valence-corrected chi connectivity index (χ1v) is 11.8. The van der Waals surface area contributed by atoms with Crippen LogP contribution in [0.15, 0.2) is 42.7 Å². The lowest BCUT2D eigenvalue weighted by Crippen LogP contribution is -2.32. The molecule has 6 nitrogen and oxygen atoms in total. The molecule has 1 saturated carbocycles. The number of nitrogens with zero attached hydrogens (tertiary/aromatic N) is 4. The van der Waals surface area contributed by atoms with Crippen LogP contribution in [0.4, 0.5) is 5.69 Å². The number of hydrogen-bond donors (Lipinski definition) is 0. The van der Waals surface area contributed by atoms with E-state index in [2.05, 4.69) is 15.6 Å². The van der Waals surface area contributed by atoms with Crippen LogP contribution in [0.1, 0.15) is 24.1 Å². The van der Waals surface area contributed by atoms with Crippen LogP contribution in [-0.2, 0) is 38.5 Å². The van der Waals surface area contributed by atoms with Crippen LogP contribution in [0, 0.1) is 0 Å². The molecule has 1 aromatic carbocycles. The molecule has 0 saturated heterocycles. The normalized spacial score (nSPS) is 17.9. The van der Waals surface area contributed by atoms with Crippen LogP contribution in [0.5, 0.6) is 0 Å². The Morgan fingerprint density at radius 3 is 2.77 bits per heavy atom. The maximum absolute atomic E-state index is 13.3. The number of aromatic nitrogens is 2. The number of thiol groups is 1. The molecule has 1 fully saturated rings. The van der Waals surface area contributed by atoms with Gasteiger partial charge >= 0.3 is 0 Å². The molecule has 1 unspecified atom stereocenters. The molecular formula is C22H24ClN4O2S+. The predicted molar refractivity (Wildman–Crippen MR) is 121 cm³/mol. The van der Waals surface area contributed by atoms with Crippen molar-refractivity contribution in [3.8, 4) is 0 Å². The summed E-state index contributed by atoms with van der Waals surface area (Å²) in [6.07, 6.45) is 5.38. The number of aryl methyl sites for hydroxylation is 1. The summed E-state index contributed by atoms with van der Waals surface area (Å²) in [5, 5.41) is 1.70. The number of carbonyl (C=O) groups excluding carboxylic acids is 1. The molecule has 8 heteroatoms. The molecule has 0 N–H and O–H groups in total. The van der Waals surface area contributed by atoms with E-state index in [1.807, 2.05) is 43.3 Å². The molecule has 3 aromatic rings. The lowest BCUT2D eigenvalue weighted by atomic mass is 9.99. The van der Waals surface area contributed by atoms with Crippen LogP contribution >= 0.6 is 11.6 Å². The molecular weight excluding hydrogens is 420 g/mol. The quantitative estimate of drug-likeness (QED) is 0.433. The monoisotopic (exact) mass is 443 g/mol. The summed E-state index contributed by atoms with van der Waals surface area (Å²) in [4.78, 5) is 19.4. The van der Waals surface area contributed by atoms with Gasteiger partial charge in [-0.3, -0.25) is 9.78 Å². The number of rotatable bonds is 6. The van der Waals surface area contributed by atoms with Gasteiger partial charge in [-0.05, 0) is 48.7 Å². The Balaban J connectivity index is 1.53. The molecule has 5 rings (SSSR count). The van der Waals surface area contributed by atoms with Crippen LogP contribution < -0.4 is 4.90 Å². The van der Waals surface area contributed by atoms with Gasteiger partial charge in [0.1, 0.15) is 16.7 Å². The Kier molecular flexibility index (Phi) is 4.72. The van der Waals surface area contributed by atoms with Gasteiger partial charge in [0, 0.05) is 41.9 Å². The molecule has 1 aliphatic carbocycles. The first kappa shape index (κ1) is 19.7. The minimum Gasteiger partial charge on any atom is -0.338 e. The minimum atomic E-state index is -1.44. The van der Waals surface area contributed by atoms with Gasteiger partial charge in [0.25, 0.3) is 0 Å². The van der Waals surface area contributed by atoms with Crippen molar-refractivity contribution in [1.29, 1.82) is 0 Å². The van der Waals surface area contributed by atoms with Crippen LogP contribution in [0.2, 0.25) is 5.02 Å². The number of hydrogen-bond acceptors (Lipinski definition) is 3. The zero-order chi connectivity index (χ0) is 21.0. The van der Waals surface area contributed by atoms with Crippen LogP contribution in [-0.4, -0.2) is 39.6 Å². The second-order valence-corrected chi connectivity index (χ2v) is 10.7. The fourth-order valence-electron chi connectivity index (χ4n) is 4.50. The number of halogens is 1.